The first-order valence-corrected chi connectivity index (χ1v) is 7.95. The van der Waals surface area contributed by atoms with Crippen LogP contribution in [0.3, 0.4) is 0 Å². The molecule has 0 aliphatic carbocycles. The van der Waals surface area contributed by atoms with Crippen molar-refractivity contribution in [1.29, 1.82) is 0 Å². The molecular formula is C15H14N2S2. The Morgan fingerprint density at radius 1 is 1.05 bits per heavy atom. The molecule has 96 valence electrons. The summed E-state index contributed by atoms with van der Waals surface area (Å²) in [7, 11) is 0. The molecule has 0 aliphatic heterocycles. The van der Waals surface area contributed by atoms with Crippen molar-refractivity contribution in [1.82, 2.24) is 4.98 Å². The Balaban J connectivity index is 1.65. The van der Waals surface area contributed by atoms with Crippen molar-refractivity contribution in [3.8, 4) is 0 Å². The lowest BCUT2D eigenvalue weighted by Crippen LogP contribution is -1.95. The van der Waals surface area contributed by atoms with Gasteiger partial charge in [-0.3, -0.25) is 0 Å². The number of rotatable bonds is 4. The number of aromatic nitrogens is 1. The van der Waals surface area contributed by atoms with E-state index in [1.807, 2.05) is 24.3 Å². The summed E-state index contributed by atoms with van der Waals surface area (Å²) in [6.07, 6.45) is 0.979. The monoisotopic (exact) mass is 286 g/mol. The molecule has 0 saturated heterocycles. The Kier molecular flexibility index (Phi) is 3.71. The van der Waals surface area contributed by atoms with Crippen LogP contribution >= 0.6 is 23.1 Å². The van der Waals surface area contributed by atoms with Crippen LogP contribution in [0.1, 0.15) is 5.56 Å². The number of aryl methyl sites for hydroxylation is 1. The number of nitrogen functional groups attached to an aromatic ring is 1. The first kappa shape index (κ1) is 12.5. The molecule has 4 heteroatoms. The summed E-state index contributed by atoms with van der Waals surface area (Å²) in [5, 5.41) is 0. The summed E-state index contributed by atoms with van der Waals surface area (Å²) in [6.45, 7) is 0. The summed E-state index contributed by atoms with van der Waals surface area (Å²) in [6, 6.07) is 16.3. The van der Waals surface area contributed by atoms with Crippen LogP contribution in [0.2, 0.25) is 0 Å². The molecule has 1 aromatic heterocycles. The van der Waals surface area contributed by atoms with Crippen molar-refractivity contribution >= 4 is 39.0 Å². The number of benzene rings is 2. The number of thioether (sulfide) groups is 1. The average molecular weight is 286 g/mol. The standard InChI is InChI=1S/C15H14N2S2/c16-12-6-2-1-5-11(12)9-10-18-15-17-13-7-3-4-8-14(13)19-15/h1-8H,9-10,16H2. The molecule has 3 rings (SSSR count). The molecule has 0 aliphatic rings. The maximum atomic E-state index is 5.94. The van der Waals surface area contributed by atoms with Gasteiger partial charge in [-0.25, -0.2) is 4.98 Å². The van der Waals surface area contributed by atoms with Crippen LogP contribution < -0.4 is 5.73 Å². The van der Waals surface area contributed by atoms with Crippen LogP contribution in [0.15, 0.2) is 52.9 Å². The molecule has 0 radical (unpaired) electrons. The SMILES string of the molecule is Nc1ccccc1CCSc1nc2ccccc2s1. The first-order chi connectivity index (χ1) is 9.33. The van der Waals surface area contributed by atoms with Crippen molar-refractivity contribution < 1.29 is 0 Å². The topological polar surface area (TPSA) is 38.9 Å². The normalized spacial score (nSPS) is 10.9. The van der Waals surface area contributed by atoms with Gasteiger partial charge in [0, 0.05) is 11.4 Å². The van der Waals surface area contributed by atoms with E-state index in [0.29, 0.717) is 0 Å². The van der Waals surface area contributed by atoms with E-state index in [-0.39, 0.29) is 0 Å². The summed E-state index contributed by atoms with van der Waals surface area (Å²) < 4.78 is 2.39. The Bertz CT molecular complexity index is 658. The van der Waals surface area contributed by atoms with E-state index in [9.17, 15) is 0 Å². The van der Waals surface area contributed by atoms with Gasteiger partial charge >= 0.3 is 0 Å². The van der Waals surface area contributed by atoms with E-state index in [1.54, 1.807) is 23.1 Å². The van der Waals surface area contributed by atoms with Crippen LogP contribution in [-0.4, -0.2) is 10.7 Å². The fourth-order valence-electron chi connectivity index (χ4n) is 1.92. The molecule has 0 amide bonds. The van der Waals surface area contributed by atoms with Crippen LogP contribution in [0, 0.1) is 0 Å². The van der Waals surface area contributed by atoms with Crippen LogP contribution in [0.5, 0.6) is 0 Å². The van der Waals surface area contributed by atoms with Gasteiger partial charge in [-0.15, -0.1) is 11.3 Å². The highest BCUT2D eigenvalue weighted by Gasteiger charge is 2.04. The van der Waals surface area contributed by atoms with Gasteiger partial charge < -0.3 is 5.73 Å². The maximum Gasteiger partial charge on any atom is 0.151 e. The van der Waals surface area contributed by atoms with Crippen molar-refractivity contribution in [2.45, 2.75) is 10.8 Å². The Morgan fingerprint density at radius 2 is 1.84 bits per heavy atom. The van der Waals surface area contributed by atoms with Gasteiger partial charge in [0.2, 0.25) is 0 Å². The number of thiazole rings is 1. The summed E-state index contributed by atoms with van der Waals surface area (Å²) in [4.78, 5) is 4.62. The molecule has 0 atom stereocenters. The second kappa shape index (κ2) is 5.63. The van der Waals surface area contributed by atoms with E-state index < -0.39 is 0 Å². The summed E-state index contributed by atoms with van der Waals surface area (Å²) in [5.74, 6) is 1.01. The van der Waals surface area contributed by atoms with Crippen molar-refractivity contribution in [2.24, 2.45) is 0 Å². The van der Waals surface area contributed by atoms with Crippen molar-refractivity contribution in [3.63, 3.8) is 0 Å². The number of para-hydroxylation sites is 2. The lowest BCUT2D eigenvalue weighted by atomic mass is 10.1. The van der Waals surface area contributed by atoms with E-state index in [2.05, 4.69) is 29.2 Å². The van der Waals surface area contributed by atoms with Crippen LogP contribution in [0.4, 0.5) is 5.69 Å². The minimum Gasteiger partial charge on any atom is -0.399 e. The molecule has 0 unspecified atom stereocenters. The minimum absolute atomic E-state index is 0.882. The average Bonchev–Trinajstić information content (AvgIpc) is 2.83. The van der Waals surface area contributed by atoms with E-state index in [4.69, 9.17) is 5.73 Å². The molecule has 2 aromatic carbocycles. The number of nitrogens with zero attached hydrogens (tertiary/aromatic N) is 1. The second-order valence-corrected chi connectivity index (χ2v) is 6.62. The molecule has 2 N–H and O–H groups in total. The zero-order chi connectivity index (χ0) is 13.1. The highest BCUT2D eigenvalue weighted by molar-refractivity contribution is 8.01. The minimum atomic E-state index is 0.882. The predicted molar refractivity (Wildman–Crippen MR) is 84.9 cm³/mol. The van der Waals surface area contributed by atoms with Gasteiger partial charge in [-0.2, -0.15) is 0 Å². The van der Waals surface area contributed by atoms with Crippen LogP contribution in [-0.2, 0) is 6.42 Å². The zero-order valence-electron chi connectivity index (χ0n) is 10.4. The van der Waals surface area contributed by atoms with Gasteiger partial charge in [0.25, 0.3) is 0 Å². The Hall–Kier alpha value is -1.52. The third kappa shape index (κ3) is 2.91. The van der Waals surface area contributed by atoms with E-state index >= 15 is 0 Å². The third-order valence-corrected chi connectivity index (χ3v) is 5.11. The Labute approximate surface area is 120 Å². The number of nitrogens with two attached hydrogens (primary N) is 1. The number of anilines is 1. The van der Waals surface area contributed by atoms with Gasteiger partial charge in [-0.05, 0) is 30.2 Å². The van der Waals surface area contributed by atoms with Crippen LogP contribution in [0.25, 0.3) is 10.2 Å². The quantitative estimate of drug-likeness (QED) is 0.576. The molecule has 0 spiro atoms. The van der Waals surface area contributed by atoms with Gasteiger partial charge in [-0.1, -0.05) is 42.1 Å². The Morgan fingerprint density at radius 3 is 2.68 bits per heavy atom. The van der Waals surface area contributed by atoms with Gasteiger partial charge in [0.15, 0.2) is 4.34 Å². The second-order valence-electron chi connectivity index (χ2n) is 4.24. The zero-order valence-corrected chi connectivity index (χ0v) is 12.0. The van der Waals surface area contributed by atoms with Gasteiger partial charge in [0.1, 0.15) is 0 Å². The lowest BCUT2D eigenvalue weighted by molar-refractivity contribution is 1.15. The van der Waals surface area contributed by atoms with Gasteiger partial charge in [0.05, 0.1) is 10.2 Å². The third-order valence-electron chi connectivity index (χ3n) is 2.93. The molecular weight excluding hydrogens is 272 g/mol. The molecule has 19 heavy (non-hydrogen) atoms. The first-order valence-electron chi connectivity index (χ1n) is 6.15. The van der Waals surface area contributed by atoms with Crippen molar-refractivity contribution in [2.75, 3.05) is 11.5 Å². The maximum absolute atomic E-state index is 5.94. The molecule has 2 nitrogen and oxygen atoms in total. The fraction of sp³-hybridized carbons (Fsp3) is 0.133. The highest BCUT2D eigenvalue weighted by atomic mass is 32.2. The molecule has 0 fully saturated rings. The summed E-state index contributed by atoms with van der Waals surface area (Å²) in [5.41, 5.74) is 9.13. The number of fused-ring (bicyclic) bond motifs is 1. The number of hydrogen-bond donors (Lipinski definition) is 1. The molecule has 0 bridgehead atoms. The highest BCUT2D eigenvalue weighted by Crippen LogP contribution is 2.29. The smallest absolute Gasteiger partial charge is 0.151 e. The molecule has 3 aromatic rings. The molecule has 1 heterocycles. The fourth-order valence-corrected chi connectivity index (χ4v) is 4.03. The lowest BCUT2D eigenvalue weighted by Gasteiger charge is -2.03. The van der Waals surface area contributed by atoms with E-state index in [1.165, 1.54) is 10.3 Å². The predicted octanol–water partition coefficient (Wildman–Crippen LogP) is 4.21. The summed E-state index contributed by atoms with van der Waals surface area (Å²) >= 11 is 3.56. The number of hydrogen-bond acceptors (Lipinski definition) is 4. The van der Waals surface area contributed by atoms with E-state index in [0.717, 1.165) is 27.7 Å². The largest absolute Gasteiger partial charge is 0.399 e. The van der Waals surface area contributed by atoms with Crippen molar-refractivity contribution in [3.05, 3.63) is 54.1 Å². The molecule has 0 saturated carbocycles.